The van der Waals surface area contributed by atoms with Gasteiger partial charge >= 0.3 is 0 Å². The first-order valence-corrected chi connectivity index (χ1v) is 7.68. The quantitative estimate of drug-likeness (QED) is 0.891. The van der Waals surface area contributed by atoms with Crippen molar-refractivity contribution < 1.29 is 4.74 Å². The lowest BCUT2D eigenvalue weighted by molar-refractivity contribution is -0.00505. The molecule has 0 radical (unpaired) electrons. The van der Waals surface area contributed by atoms with Crippen molar-refractivity contribution in [2.75, 3.05) is 6.54 Å². The Morgan fingerprint density at radius 2 is 2.17 bits per heavy atom. The molecular formula is C15H22BrNO. The Morgan fingerprint density at radius 3 is 2.94 bits per heavy atom. The third-order valence-corrected chi connectivity index (χ3v) is 4.02. The summed E-state index contributed by atoms with van der Waals surface area (Å²) in [5.41, 5.74) is 1.24. The van der Waals surface area contributed by atoms with Crippen molar-refractivity contribution in [3.8, 4) is 0 Å². The van der Waals surface area contributed by atoms with Crippen LogP contribution in [0.3, 0.4) is 0 Å². The summed E-state index contributed by atoms with van der Waals surface area (Å²) in [6.07, 6.45) is 5.43. The van der Waals surface area contributed by atoms with Crippen LogP contribution in [0.2, 0.25) is 0 Å². The second-order valence-corrected chi connectivity index (χ2v) is 5.84. The van der Waals surface area contributed by atoms with Crippen molar-refractivity contribution in [2.45, 2.75) is 51.4 Å². The highest BCUT2D eigenvalue weighted by Crippen LogP contribution is 2.23. The van der Waals surface area contributed by atoms with Crippen molar-refractivity contribution in [3.63, 3.8) is 0 Å². The Morgan fingerprint density at radius 1 is 1.33 bits per heavy atom. The average molecular weight is 312 g/mol. The van der Waals surface area contributed by atoms with Crippen LogP contribution in [-0.2, 0) is 11.3 Å². The van der Waals surface area contributed by atoms with Crippen molar-refractivity contribution in [3.05, 3.63) is 34.3 Å². The summed E-state index contributed by atoms with van der Waals surface area (Å²) in [5, 5.41) is 3.55. The first-order valence-electron chi connectivity index (χ1n) is 6.89. The lowest BCUT2D eigenvalue weighted by atomic mass is 9.92. The van der Waals surface area contributed by atoms with Crippen LogP contribution in [0.1, 0.15) is 38.2 Å². The van der Waals surface area contributed by atoms with E-state index in [9.17, 15) is 0 Å². The van der Waals surface area contributed by atoms with Gasteiger partial charge in [-0.3, -0.25) is 0 Å². The maximum Gasteiger partial charge on any atom is 0.0732 e. The summed E-state index contributed by atoms with van der Waals surface area (Å²) in [6.45, 7) is 3.91. The lowest BCUT2D eigenvalue weighted by Gasteiger charge is -2.32. The van der Waals surface area contributed by atoms with Gasteiger partial charge in [-0.25, -0.2) is 0 Å². The zero-order chi connectivity index (χ0) is 12.8. The van der Waals surface area contributed by atoms with E-state index in [0.717, 1.165) is 11.0 Å². The molecule has 1 N–H and O–H groups in total. The van der Waals surface area contributed by atoms with Crippen LogP contribution in [0.4, 0.5) is 0 Å². The number of hydrogen-bond acceptors (Lipinski definition) is 2. The molecule has 3 heteroatoms. The zero-order valence-electron chi connectivity index (χ0n) is 11.0. The summed E-state index contributed by atoms with van der Waals surface area (Å²) < 4.78 is 7.23. The molecule has 0 amide bonds. The molecule has 2 unspecified atom stereocenters. The predicted octanol–water partition coefficient (Wildman–Crippen LogP) is 3.89. The molecule has 2 atom stereocenters. The van der Waals surface area contributed by atoms with Crippen LogP contribution >= 0.6 is 15.9 Å². The van der Waals surface area contributed by atoms with Crippen molar-refractivity contribution >= 4 is 15.9 Å². The van der Waals surface area contributed by atoms with Gasteiger partial charge in [-0.05, 0) is 37.1 Å². The van der Waals surface area contributed by atoms with Crippen LogP contribution in [0, 0.1) is 0 Å². The highest BCUT2D eigenvalue weighted by molar-refractivity contribution is 9.10. The van der Waals surface area contributed by atoms with Gasteiger partial charge in [0.15, 0.2) is 0 Å². The number of likely N-dealkylation sites (N-methyl/N-ethyl adjacent to an activating group) is 1. The number of nitrogens with one attached hydrogen (secondary N) is 1. The second kappa shape index (κ2) is 7.27. The van der Waals surface area contributed by atoms with Crippen LogP contribution in [0.5, 0.6) is 0 Å². The molecule has 0 spiro atoms. The van der Waals surface area contributed by atoms with Crippen LogP contribution in [0.25, 0.3) is 0 Å². The molecule has 1 aliphatic rings. The molecule has 0 aromatic heterocycles. The molecule has 1 aromatic rings. The third-order valence-electron chi connectivity index (χ3n) is 3.52. The van der Waals surface area contributed by atoms with Gasteiger partial charge < -0.3 is 10.1 Å². The molecular weight excluding hydrogens is 290 g/mol. The van der Waals surface area contributed by atoms with Crippen molar-refractivity contribution in [1.82, 2.24) is 5.32 Å². The first-order chi connectivity index (χ1) is 8.79. The topological polar surface area (TPSA) is 21.3 Å². The number of benzene rings is 1. The van der Waals surface area contributed by atoms with Crippen LogP contribution < -0.4 is 5.32 Å². The maximum absolute atomic E-state index is 6.11. The molecule has 2 nitrogen and oxygen atoms in total. The smallest absolute Gasteiger partial charge is 0.0732 e. The van der Waals surface area contributed by atoms with E-state index in [1.807, 2.05) is 6.07 Å². The van der Waals surface area contributed by atoms with Gasteiger partial charge in [-0.2, -0.15) is 0 Å². The fourth-order valence-corrected chi connectivity index (χ4v) is 3.07. The first kappa shape index (κ1) is 14.0. The van der Waals surface area contributed by atoms with Gasteiger partial charge in [0.25, 0.3) is 0 Å². The Labute approximate surface area is 118 Å². The number of hydrogen-bond donors (Lipinski definition) is 1. The summed E-state index contributed by atoms with van der Waals surface area (Å²) >= 11 is 3.50. The standard InChI is InChI=1S/C15H22BrNO/c1-2-17-14-8-3-4-9-15(14)18-11-12-6-5-7-13(16)10-12/h5-7,10,14-15,17H,2-4,8-9,11H2,1H3. The van der Waals surface area contributed by atoms with E-state index in [0.29, 0.717) is 18.8 Å². The van der Waals surface area contributed by atoms with E-state index in [2.05, 4.69) is 46.4 Å². The summed E-state index contributed by atoms with van der Waals surface area (Å²) in [4.78, 5) is 0. The molecule has 1 aromatic carbocycles. The normalized spacial score (nSPS) is 24.1. The summed E-state index contributed by atoms with van der Waals surface area (Å²) in [6, 6.07) is 8.90. The molecule has 1 aliphatic carbocycles. The van der Waals surface area contributed by atoms with Gasteiger partial charge in [-0.1, -0.05) is 47.8 Å². The zero-order valence-corrected chi connectivity index (χ0v) is 12.6. The molecule has 1 fully saturated rings. The van der Waals surface area contributed by atoms with Gasteiger partial charge in [0.05, 0.1) is 12.7 Å². The number of rotatable bonds is 5. The highest BCUT2D eigenvalue weighted by Gasteiger charge is 2.24. The molecule has 100 valence electrons. The molecule has 0 bridgehead atoms. The minimum atomic E-state index is 0.373. The summed E-state index contributed by atoms with van der Waals surface area (Å²) in [5.74, 6) is 0. The Kier molecular flexibility index (Phi) is 5.67. The fourth-order valence-electron chi connectivity index (χ4n) is 2.62. The molecule has 18 heavy (non-hydrogen) atoms. The van der Waals surface area contributed by atoms with E-state index in [4.69, 9.17) is 4.74 Å². The molecule has 1 saturated carbocycles. The molecule has 0 heterocycles. The van der Waals surface area contributed by atoms with Crippen LogP contribution in [0.15, 0.2) is 28.7 Å². The monoisotopic (exact) mass is 311 g/mol. The third kappa shape index (κ3) is 4.08. The number of ether oxygens (including phenoxy) is 1. The van der Waals surface area contributed by atoms with E-state index in [1.165, 1.54) is 31.2 Å². The van der Waals surface area contributed by atoms with Gasteiger partial charge in [0.2, 0.25) is 0 Å². The highest BCUT2D eigenvalue weighted by atomic mass is 79.9. The largest absolute Gasteiger partial charge is 0.372 e. The van der Waals surface area contributed by atoms with Crippen molar-refractivity contribution in [2.24, 2.45) is 0 Å². The molecule has 0 saturated heterocycles. The second-order valence-electron chi connectivity index (χ2n) is 4.93. The molecule has 0 aliphatic heterocycles. The minimum Gasteiger partial charge on any atom is -0.372 e. The summed E-state index contributed by atoms with van der Waals surface area (Å²) in [7, 11) is 0. The van der Waals surface area contributed by atoms with E-state index in [-0.39, 0.29) is 0 Å². The Hall–Kier alpha value is -0.380. The van der Waals surface area contributed by atoms with E-state index in [1.54, 1.807) is 0 Å². The van der Waals surface area contributed by atoms with Gasteiger partial charge in [0, 0.05) is 10.5 Å². The molecule has 2 rings (SSSR count). The lowest BCUT2D eigenvalue weighted by Crippen LogP contribution is -2.43. The SMILES string of the molecule is CCNC1CCCCC1OCc1cccc(Br)c1. The Bertz CT molecular complexity index is 367. The van der Waals surface area contributed by atoms with Crippen LogP contribution in [-0.4, -0.2) is 18.7 Å². The van der Waals surface area contributed by atoms with Gasteiger partial charge in [0.1, 0.15) is 0 Å². The Balaban J connectivity index is 1.87. The fraction of sp³-hybridized carbons (Fsp3) is 0.600. The average Bonchev–Trinajstić information content (AvgIpc) is 2.38. The number of halogens is 1. The van der Waals surface area contributed by atoms with Crippen molar-refractivity contribution in [1.29, 1.82) is 0 Å². The van der Waals surface area contributed by atoms with Gasteiger partial charge in [-0.15, -0.1) is 0 Å². The van der Waals surface area contributed by atoms with E-state index >= 15 is 0 Å². The van der Waals surface area contributed by atoms with E-state index < -0.39 is 0 Å². The predicted molar refractivity (Wildman–Crippen MR) is 78.7 cm³/mol. The maximum atomic E-state index is 6.11. The minimum absolute atomic E-state index is 0.373.